The number of nitrogens with zero attached hydrogens (tertiary/aromatic N) is 2. The Morgan fingerprint density at radius 2 is 2.11 bits per heavy atom. The Balaban J connectivity index is 2.69. The maximum Gasteiger partial charge on any atom is 0.129 e. The highest BCUT2D eigenvalue weighted by molar-refractivity contribution is 5.76. The highest BCUT2D eigenvalue weighted by atomic mass is 19.1. The molecule has 0 fully saturated rings. The normalized spacial score (nSPS) is 12.3. The van der Waals surface area contributed by atoms with Crippen molar-refractivity contribution >= 4 is 11.0 Å². The van der Waals surface area contributed by atoms with Gasteiger partial charge >= 0.3 is 0 Å². The van der Waals surface area contributed by atoms with Crippen LogP contribution in [-0.4, -0.2) is 16.6 Å². The number of hydrogen-bond acceptors (Lipinski definition) is 2. The Morgan fingerprint density at radius 3 is 2.72 bits per heavy atom. The van der Waals surface area contributed by atoms with Gasteiger partial charge in [-0.25, -0.2) is 9.37 Å². The first kappa shape index (κ1) is 13.0. The lowest BCUT2D eigenvalue weighted by Gasteiger charge is -2.24. The molecule has 3 nitrogen and oxygen atoms in total. The van der Waals surface area contributed by atoms with Gasteiger partial charge in [0.2, 0.25) is 0 Å². The van der Waals surface area contributed by atoms with Gasteiger partial charge in [0.25, 0.3) is 0 Å². The van der Waals surface area contributed by atoms with Crippen LogP contribution in [0.3, 0.4) is 0 Å². The third-order valence-corrected chi connectivity index (χ3v) is 3.34. The standard InChI is InChI=1S/C14H20FN3/c1-5-8-18-12-9-10(15)6-7-11(12)17-13(18)14(2,3)16-4/h6-7,9,16H,5,8H2,1-4H3. The van der Waals surface area contributed by atoms with Gasteiger partial charge in [0, 0.05) is 6.54 Å². The molecule has 1 N–H and O–H groups in total. The van der Waals surface area contributed by atoms with E-state index in [1.807, 2.05) is 7.05 Å². The summed E-state index contributed by atoms with van der Waals surface area (Å²) in [6, 6.07) is 4.76. The number of aryl methyl sites for hydroxylation is 1. The number of hydrogen-bond donors (Lipinski definition) is 1. The lowest BCUT2D eigenvalue weighted by atomic mass is 10.1. The zero-order chi connectivity index (χ0) is 13.3. The van der Waals surface area contributed by atoms with Crippen molar-refractivity contribution in [3.05, 3.63) is 29.8 Å². The topological polar surface area (TPSA) is 29.9 Å². The molecule has 1 aromatic carbocycles. The average Bonchev–Trinajstić information content (AvgIpc) is 2.69. The monoisotopic (exact) mass is 249 g/mol. The molecule has 0 aliphatic rings. The first-order valence-electron chi connectivity index (χ1n) is 6.34. The van der Waals surface area contributed by atoms with Gasteiger partial charge in [0.1, 0.15) is 11.6 Å². The third-order valence-electron chi connectivity index (χ3n) is 3.34. The maximum atomic E-state index is 13.4. The van der Waals surface area contributed by atoms with E-state index in [1.165, 1.54) is 6.07 Å². The van der Waals surface area contributed by atoms with E-state index >= 15 is 0 Å². The summed E-state index contributed by atoms with van der Waals surface area (Å²) in [6.07, 6.45) is 0.995. The van der Waals surface area contributed by atoms with Crippen LogP contribution in [0.1, 0.15) is 33.0 Å². The number of imidazole rings is 1. The number of fused-ring (bicyclic) bond motifs is 1. The summed E-state index contributed by atoms with van der Waals surface area (Å²) in [5.74, 6) is 0.737. The molecular formula is C14H20FN3. The molecule has 0 atom stereocenters. The molecule has 0 bridgehead atoms. The second-order valence-electron chi connectivity index (χ2n) is 5.10. The lowest BCUT2D eigenvalue weighted by molar-refractivity contribution is 0.397. The Labute approximate surface area is 107 Å². The zero-order valence-corrected chi connectivity index (χ0v) is 11.4. The summed E-state index contributed by atoms with van der Waals surface area (Å²) in [5, 5.41) is 3.25. The Bertz CT molecular complexity index is 557. The largest absolute Gasteiger partial charge is 0.326 e. The van der Waals surface area contributed by atoms with Crippen molar-refractivity contribution in [2.45, 2.75) is 39.3 Å². The maximum absolute atomic E-state index is 13.4. The predicted molar refractivity (Wildman–Crippen MR) is 72.1 cm³/mol. The van der Waals surface area contributed by atoms with Gasteiger partial charge in [-0.05, 0) is 45.5 Å². The molecule has 2 aromatic rings. The predicted octanol–water partition coefficient (Wildman–Crippen LogP) is 3.04. The quantitative estimate of drug-likeness (QED) is 0.902. The van der Waals surface area contributed by atoms with Crippen LogP contribution in [0.15, 0.2) is 18.2 Å². The molecule has 2 rings (SSSR count). The fourth-order valence-electron chi connectivity index (χ4n) is 2.13. The van der Waals surface area contributed by atoms with Crippen LogP contribution in [0.2, 0.25) is 0 Å². The molecule has 0 aliphatic heterocycles. The van der Waals surface area contributed by atoms with Crippen LogP contribution in [0.25, 0.3) is 11.0 Å². The minimum atomic E-state index is -0.231. The SMILES string of the molecule is CCCn1c(C(C)(C)NC)nc2ccc(F)cc21. The van der Waals surface area contributed by atoms with Crippen LogP contribution >= 0.6 is 0 Å². The van der Waals surface area contributed by atoms with E-state index in [0.717, 1.165) is 29.8 Å². The second-order valence-corrected chi connectivity index (χ2v) is 5.10. The zero-order valence-electron chi connectivity index (χ0n) is 11.4. The Hall–Kier alpha value is -1.42. The molecule has 4 heteroatoms. The first-order chi connectivity index (χ1) is 8.49. The highest BCUT2D eigenvalue weighted by Crippen LogP contribution is 2.25. The van der Waals surface area contributed by atoms with Crippen molar-refractivity contribution in [3.63, 3.8) is 0 Å². The molecule has 0 saturated heterocycles. The van der Waals surface area contributed by atoms with E-state index < -0.39 is 0 Å². The van der Waals surface area contributed by atoms with Crippen LogP contribution < -0.4 is 5.32 Å². The molecule has 0 amide bonds. The van der Waals surface area contributed by atoms with Crippen LogP contribution in [-0.2, 0) is 12.1 Å². The number of benzene rings is 1. The fourth-order valence-corrected chi connectivity index (χ4v) is 2.13. The van der Waals surface area contributed by atoms with E-state index in [4.69, 9.17) is 0 Å². The molecule has 98 valence electrons. The smallest absolute Gasteiger partial charge is 0.129 e. The summed E-state index contributed by atoms with van der Waals surface area (Å²) in [6.45, 7) is 7.12. The van der Waals surface area contributed by atoms with Crippen LogP contribution in [0.5, 0.6) is 0 Å². The minimum Gasteiger partial charge on any atom is -0.326 e. The molecule has 0 saturated carbocycles. The summed E-state index contributed by atoms with van der Waals surface area (Å²) in [4.78, 5) is 4.65. The molecule has 1 heterocycles. The first-order valence-corrected chi connectivity index (χ1v) is 6.34. The second kappa shape index (κ2) is 4.69. The van der Waals surface area contributed by atoms with Crippen molar-refractivity contribution in [3.8, 4) is 0 Å². The van der Waals surface area contributed by atoms with Crippen LogP contribution in [0.4, 0.5) is 4.39 Å². The molecule has 0 aliphatic carbocycles. The molecule has 0 spiro atoms. The van der Waals surface area contributed by atoms with Crippen molar-refractivity contribution in [2.75, 3.05) is 7.05 Å². The summed E-state index contributed by atoms with van der Waals surface area (Å²) in [5.41, 5.74) is 1.49. The van der Waals surface area contributed by atoms with Gasteiger partial charge in [-0.3, -0.25) is 0 Å². The molecule has 18 heavy (non-hydrogen) atoms. The number of nitrogens with one attached hydrogen (secondary N) is 1. The van der Waals surface area contributed by atoms with Crippen molar-refractivity contribution in [2.24, 2.45) is 0 Å². The van der Waals surface area contributed by atoms with Gasteiger partial charge in [-0.1, -0.05) is 6.92 Å². The lowest BCUT2D eigenvalue weighted by Crippen LogP contribution is -2.36. The van der Waals surface area contributed by atoms with Crippen molar-refractivity contribution < 1.29 is 4.39 Å². The van der Waals surface area contributed by atoms with Gasteiger partial charge in [-0.15, -0.1) is 0 Å². The summed E-state index contributed by atoms with van der Waals surface area (Å²) >= 11 is 0. The van der Waals surface area contributed by atoms with Crippen molar-refractivity contribution in [1.29, 1.82) is 0 Å². The molecule has 0 unspecified atom stereocenters. The number of rotatable bonds is 4. The number of halogens is 1. The van der Waals surface area contributed by atoms with E-state index in [9.17, 15) is 4.39 Å². The molecule has 1 aromatic heterocycles. The van der Waals surface area contributed by atoms with E-state index in [2.05, 4.69) is 35.6 Å². The minimum absolute atomic E-state index is 0.214. The fraction of sp³-hybridized carbons (Fsp3) is 0.500. The Kier molecular flexibility index (Phi) is 3.39. The van der Waals surface area contributed by atoms with Crippen molar-refractivity contribution in [1.82, 2.24) is 14.9 Å². The summed E-state index contributed by atoms with van der Waals surface area (Å²) < 4.78 is 15.5. The van der Waals surface area contributed by atoms with E-state index in [-0.39, 0.29) is 11.4 Å². The summed E-state index contributed by atoms with van der Waals surface area (Å²) in [7, 11) is 1.91. The third kappa shape index (κ3) is 2.12. The van der Waals surface area contributed by atoms with Gasteiger partial charge in [0.05, 0.1) is 16.6 Å². The Morgan fingerprint density at radius 1 is 1.39 bits per heavy atom. The van der Waals surface area contributed by atoms with Gasteiger partial charge < -0.3 is 9.88 Å². The van der Waals surface area contributed by atoms with Crippen LogP contribution in [0, 0.1) is 5.82 Å². The highest BCUT2D eigenvalue weighted by Gasteiger charge is 2.25. The van der Waals surface area contributed by atoms with E-state index in [1.54, 1.807) is 12.1 Å². The van der Waals surface area contributed by atoms with Gasteiger partial charge in [-0.2, -0.15) is 0 Å². The molecule has 0 radical (unpaired) electrons. The van der Waals surface area contributed by atoms with E-state index in [0.29, 0.717) is 0 Å². The van der Waals surface area contributed by atoms with Gasteiger partial charge in [0.15, 0.2) is 0 Å². The number of aromatic nitrogens is 2. The molecular weight excluding hydrogens is 229 g/mol. The average molecular weight is 249 g/mol.